The van der Waals surface area contributed by atoms with Gasteiger partial charge in [-0.25, -0.2) is 4.98 Å². The first-order valence-corrected chi connectivity index (χ1v) is 12.9. The number of carbonyl (C=O) groups excluding carboxylic acids is 1. The van der Waals surface area contributed by atoms with Crippen LogP contribution in [0, 0.1) is 6.92 Å². The number of hydrogen-bond acceptors (Lipinski definition) is 7. The van der Waals surface area contributed by atoms with E-state index in [0.29, 0.717) is 28.9 Å². The average molecular weight is 474 g/mol. The largest absolute Gasteiger partial charge is 0.495 e. The molecule has 8 nitrogen and oxygen atoms in total. The SMILES string of the molecule is COc1ccc(NC(=O)CCl)cc1Nc1ncc(C)c(Nc2ccccc2P(C)(C)=O)n1. The van der Waals surface area contributed by atoms with Crippen molar-refractivity contribution in [3.63, 3.8) is 0 Å². The molecule has 32 heavy (non-hydrogen) atoms. The van der Waals surface area contributed by atoms with Crippen LogP contribution in [0.15, 0.2) is 48.7 Å². The molecule has 0 saturated carbocycles. The summed E-state index contributed by atoms with van der Waals surface area (Å²) in [5.74, 6) is 0.994. The summed E-state index contributed by atoms with van der Waals surface area (Å²) >= 11 is 5.57. The zero-order chi connectivity index (χ0) is 23.3. The second-order valence-corrected chi connectivity index (χ2v) is 10.9. The molecule has 0 unspecified atom stereocenters. The number of halogens is 1. The second kappa shape index (κ2) is 10.0. The molecule has 1 heterocycles. The Morgan fingerprint density at radius 2 is 1.88 bits per heavy atom. The number of anilines is 5. The number of nitrogens with one attached hydrogen (secondary N) is 3. The fourth-order valence-corrected chi connectivity index (χ4v) is 4.23. The highest BCUT2D eigenvalue weighted by atomic mass is 35.5. The summed E-state index contributed by atoms with van der Waals surface area (Å²) in [5.41, 5.74) is 2.68. The highest BCUT2D eigenvalue weighted by Crippen LogP contribution is 2.38. The Hall–Kier alpha value is -3.09. The van der Waals surface area contributed by atoms with E-state index in [4.69, 9.17) is 16.3 Å². The highest BCUT2D eigenvalue weighted by Gasteiger charge is 2.17. The third-order valence-electron chi connectivity index (χ3n) is 4.56. The van der Waals surface area contributed by atoms with E-state index in [2.05, 4.69) is 25.9 Å². The van der Waals surface area contributed by atoms with E-state index in [1.807, 2.05) is 31.2 Å². The molecule has 3 N–H and O–H groups in total. The van der Waals surface area contributed by atoms with E-state index in [-0.39, 0.29) is 11.8 Å². The summed E-state index contributed by atoms with van der Waals surface area (Å²) in [5, 5.41) is 9.85. The van der Waals surface area contributed by atoms with Gasteiger partial charge in [0.05, 0.1) is 18.5 Å². The number of aromatic nitrogens is 2. The Balaban J connectivity index is 1.91. The van der Waals surface area contributed by atoms with Crippen molar-refractivity contribution in [2.24, 2.45) is 0 Å². The average Bonchev–Trinajstić information content (AvgIpc) is 2.76. The molecule has 10 heteroatoms. The molecule has 1 aromatic heterocycles. The molecule has 168 valence electrons. The van der Waals surface area contributed by atoms with E-state index in [1.165, 1.54) is 0 Å². The normalized spacial score (nSPS) is 11.0. The van der Waals surface area contributed by atoms with Gasteiger partial charge in [0, 0.05) is 22.8 Å². The van der Waals surface area contributed by atoms with Crippen LogP contribution in [-0.2, 0) is 9.36 Å². The first kappa shape index (κ1) is 23.6. The fourth-order valence-electron chi connectivity index (χ4n) is 3.00. The van der Waals surface area contributed by atoms with Gasteiger partial charge in [0.2, 0.25) is 11.9 Å². The zero-order valence-corrected chi connectivity index (χ0v) is 19.9. The molecule has 0 aliphatic heterocycles. The van der Waals surface area contributed by atoms with Crippen molar-refractivity contribution < 1.29 is 14.1 Å². The van der Waals surface area contributed by atoms with Gasteiger partial charge in [-0.1, -0.05) is 12.1 Å². The molecular formula is C22H25ClN5O3P. The van der Waals surface area contributed by atoms with Gasteiger partial charge in [0.1, 0.15) is 24.6 Å². The maximum absolute atomic E-state index is 12.7. The Labute approximate surface area is 192 Å². The number of methoxy groups -OCH3 is 1. The fraction of sp³-hybridized carbons (Fsp3) is 0.227. The molecule has 0 aliphatic rings. The molecule has 0 aliphatic carbocycles. The molecule has 0 bridgehead atoms. The summed E-state index contributed by atoms with van der Waals surface area (Å²) in [6, 6.07) is 12.6. The number of aryl methyl sites for hydroxylation is 1. The first-order chi connectivity index (χ1) is 15.2. The number of carbonyl (C=O) groups is 1. The van der Waals surface area contributed by atoms with Gasteiger partial charge in [0.25, 0.3) is 0 Å². The van der Waals surface area contributed by atoms with Crippen molar-refractivity contribution in [3.8, 4) is 5.75 Å². The van der Waals surface area contributed by atoms with Crippen molar-refractivity contribution >= 4 is 58.8 Å². The molecular weight excluding hydrogens is 449 g/mol. The van der Waals surface area contributed by atoms with Crippen LogP contribution < -0.4 is 26.0 Å². The predicted molar refractivity (Wildman–Crippen MR) is 131 cm³/mol. The van der Waals surface area contributed by atoms with Gasteiger partial charge in [-0.15, -0.1) is 11.6 Å². The molecule has 3 aromatic rings. The standard InChI is InChI=1S/C22H25ClN5O3P/c1-14-13-24-22(27-17-11-15(25-20(29)12-23)9-10-18(17)31-2)28-21(14)26-16-7-5-6-8-19(16)32(3,4)30/h5-11,13H,12H2,1-4H3,(H,25,29)(H2,24,26,27,28). The third-order valence-corrected chi connectivity index (χ3v) is 6.35. The van der Waals surface area contributed by atoms with E-state index >= 15 is 0 Å². The summed E-state index contributed by atoms with van der Waals surface area (Å²) in [7, 11) is -0.940. The van der Waals surface area contributed by atoms with Crippen LogP contribution in [-0.4, -0.2) is 42.2 Å². The summed E-state index contributed by atoms with van der Waals surface area (Å²) in [4.78, 5) is 20.5. The second-order valence-electron chi connectivity index (χ2n) is 7.44. The molecule has 0 radical (unpaired) electrons. The smallest absolute Gasteiger partial charge is 0.239 e. The Morgan fingerprint density at radius 3 is 2.56 bits per heavy atom. The van der Waals surface area contributed by atoms with Crippen LogP contribution >= 0.6 is 18.7 Å². The van der Waals surface area contributed by atoms with E-state index in [9.17, 15) is 9.36 Å². The summed E-state index contributed by atoms with van der Waals surface area (Å²) < 4.78 is 18.1. The van der Waals surface area contributed by atoms with Crippen molar-refractivity contribution in [2.45, 2.75) is 6.92 Å². The lowest BCUT2D eigenvalue weighted by Gasteiger charge is -2.17. The van der Waals surface area contributed by atoms with Gasteiger partial charge in [0.15, 0.2) is 0 Å². The molecule has 2 aromatic carbocycles. The van der Waals surface area contributed by atoms with Gasteiger partial charge >= 0.3 is 0 Å². The van der Waals surface area contributed by atoms with E-state index in [1.54, 1.807) is 44.8 Å². The third kappa shape index (κ3) is 5.78. The van der Waals surface area contributed by atoms with E-state index in [0.717, 1.165) is 16.6 Å². The van der Waals surface area contributed by atoms with Crippen LogP contribution in [0.5, 0.6) is 5.75 Å². The number of hydrogen-bond donors (Lipinski definition) is 3. The zero-order valence-electron chi connectivity index (χ0n) is 18.3. The molecule has 0 saturated heterocycles. The quantitative estimate of drug-likeness (QED) is 0.321. The molecule has 1 amide bonds. The van der Waals surface area contributed by atoms with Crippen LogP contribution in [0.2, 0.25) is 0 Å². The van der Waals surface area contributed by atoms with Crippen molar-refractivity contribution in [1.29, 1.82) is 0 Å². The minimum absolute atomic E-state index is 0.144. The molecule has 0 atom stereocenters. The number of rotatable bonds is 8. The van der Waals surface area contributed by atoms with Crippen LogP contribution in [0.1, 0.15) is 5.56 Å². The van der Waals surface area contributed by atoms with Crippen LogP contribution in [0.4, 0.5) is 28.8 Å². The Bertz CT molecular complexity index is 1180. The molecule has 3 rings (SSSR count). The minimum Gasteiger partial charge on any atom is -0.495 e. The van der Waals surface area contributed by atoms with Gasteiger partial charge in [-0.05, 0) is 50.6 Å². The number of nitrogens with zero attached hydrogens (tertiary/aromatic N) is 2. The lowest BCUT2D eigenvalue weighted by Crippen LogP contribution is -2.13. The number of alkyl halides is 1. The lowest BCUT2D eigenvalue weighted by molar-refractivity contribution is -0.113. The number of benzene rings is 2. The Kier molecular flexibility index (Phi) is 7.38. The minimum atomic E-state index is -2.49. The van der Waals surface area contributed by atoms with Gasteiger partial charge < -0.3 is 25.3 Å². The van der Waals surface area contributed by atoms with Crippen LogP contribution in [0.25, 0.3) is 0 Å². The maximum atomic E-state index is 12.7. The Morgan fingerprint density at radius 1 is 1.12 bits per heavy atom. The van der Waals surface area contributed by atoms with Gasteiger partial charge in [-0.2, -0.15) is 4.98 Å². The topological polar surface area (TPSA) is 105 Å². The number of ether oxygens (including phenoxy) is 1. The molecule has 0 fully saturated rings. The summed E-state index contributed by atoms with van der Waals surface area (Å²) in [6.07, 6.45) is 1.68. The monoisotopic (exact) mass is 473 g/mol. The lowest BCUT2D eigenvalue weighted by atomic mass is 10.2. The number of amides is 1. The van der Waals surface area contributed by atoms with E-state index < -0.39 is 7.14 Å². The first-order valence-electron chi connectivity index (χ1n) is 9.77. The van der Waals surface area contributed by atoms with Crippen LogP contribution in [0.3, 0.4) is 0 Å². The number of para-hydroxylation sites is 1. The maximum Gasteiger partial charge on any atom is 0.239 e. The van der Waals surface area contributed by atoms with Crippen molar-refractivity contribution in [3.05, 3.63) is 54.2 Å². The van der Waals surface area contributed by atoms with Gasteiger partial charge in [-0.3, -0.25) is 4.79 Å². The van der Waals surface area contributed by atoms with Crippen molar-refractivity contribution in [1.82, 2.24) is 9.97 Å². The highest BCUT2D eigenvalue weighted by molar-refractivity contribution is 7.70. The summed E-state index contributed by atoms with van der Waals surface area (Å²) in [6.45, 7) is 5.35. The predicted octanol–water partition coefficient (Wildman–Crippen LogP) is 4.71. The van der Waals surface area contributed by atoms with Crippen molar-refractivity contribution in [2.75, 3.05) is 42.3 Å². The molecule has 0 spiro atoms.